The lowest BCUT2D eigenvalue weighted by Gasteiger charge is -2.20. The topological polar surface area (TPSA) is 49.9 Å². The van der Waals surface area contributed by atoms with Crippen LogP contribution in [0, 0.1) is 13.8 Å². The van der Waals surface area contributed by atoms with Gasteiger partial charge in [0.05, 0.1) is 4.90 Å². The molecule has 0 saturated carbocycles. The van der Waals surface area contributed by atoms with E-state index < -0.39 is 15.1 Å². The Hall–Kier alpha value is -2.56. The van der Waals surface area contributed by atoms with E-state index in [0.717, 1.165) is 27.7 Å². The molecular formula is C23H20ClNO2S. The number of aromatic nitrogens is 1. The Labute approximate surface area is 169 Å². The van der Waals surface area contributed by atoms with Gasteiger partial charge in [-0.15, -0.1) is 0 Å². The van der Waals surface area contributed by atoms with Crippen molar-refractivity contribution in [1.82, 2.24) is 4.98 Å². The van der Waals surface area contributed by atoms with Crippen molar-refractivity contribution in [2.75, 3.05) is 0 Å². The number of aromatic amines is 1. The van der Waals surface area contributed by atoms with E-state index in [0.29, 0.717) is 15.5 Å². The molecule has 4 aromatic rings. The van der Waals surface area contributed by atoms with Crippen molar-refractivity contribution >= 4 is 32.3 Å². The van der Waals surface area contributed by atoms with Crippen LogP contribution < -0.4 is 0 Å². The van der Waals surface area contributed by atoms with Crippen LogP contribution in [0.3, 0.4) is 0 Å². The van der Waals surface area contributed by atoms with Crippen molar-refractivity contribution in [3.8, 4) is 0 Å². The van der Waals surface area contributed by atoms with Gasteiger partial charge in [-0.25, -0.2) is 8.42 Å². The minimum absolute atomic E-state index is 0.308. The SMILES string of the molecule is Cc1ccc(S(=O)(=O)C(c2ccc(Cl)cc2)c2c(C)[nH]c3ccccc23)cc1. The minimum Gasteiger partial charge on any atom is -0.358 e. The van der Waals surface area contributed by atoms with Crippen LogP contribution in [0.1, 0.15) is 27.6 Å². The standard InChI is InChI=1S/C23H20ClNO2S/c1-15-7-13-19(14-8-15)28(26,27)23(17-9-11-18(24)12-10-17)22-16(2)25-21-6-4-3-5-20(21)22/h3-14,23,25H,1-2H3. The smallest absolute Gasteiger partial charge is 0.189 e. The summed E-state index contributed by atoms with van der Waals surface area (Å²) >= 11 is 6.06. The van der Waals surface area contributed by atoms with E-state index in [-0.39, 0.29) is 0 Å². The molecule has 3 nitrogen and oxygen atoms in total. The number of H-pyrrole nitrogens is 1. The van der Waals surface area contributed by atoms with Crippen molar-refractivity contribution in [3.05, 3.63) is 100 Å². The molecule has 0 saturated heterocycles. The molecule has 0 aliphatic heterocycles. The molecule has 142 valence electrons. The zero-order valence-corrected chi connectivity index (χ0v) is 17.2. The molecule has 4 rings (SSSR count). The Morgan fingerprint density at radius 1 is 0.857 bits per heavy atom. The van der Waals surface area contributed by atoms with Gasteiger partial charge in [0.15, 0.2) is 9.84 Å². The first-order valence-electron chi connectivity index (χ1n) is 9.01. The molecule has 5 heteroatoms. The first kappa shape index (κ1) is 18.8. The molecule has 3 aromatic carbocycles. The summed E-state index contributed by atoms with van der Waals surface area (Å²) in [4.78, 5) is 3.64. The van der Waals surface area contributed by atoms with E-state index >= 15 is 0 Å². The van der Waals surface area contributed by atoms with Crippen molar-refractivity contribution in [2.45, 2.75) is 24.0 Å². The van der Waals surface area contributed by atoms with E-state index in [9.17, 15) is 8.42 Å². The fraction of sp³-hybridized carbons (Fsp3) is 0.130. The minimum atomic E-state index is -3.68. The quantitative estimate of drug-likeness (QED) is 0.449. The van der Waals surface area contributed by atoms with Crippen molar-refractivity contribution < 1.29 is 8.42 Å². The lowest BCUT2D eigenvalue weighted by Crippen LogP contribution is -2.16. The molecule has 0 amide bonds. The van der Waals surface area contributed by atoms with Crippen molar-refractivity contribution in [3.63, 3.8) is 0 Å². The van der Waals surface area contributed by atoms with Crippen LogP contribution in [0.15, 0.2) is 77.7 Å². The average molecular weight is 410 g/mol. The molecular weight excluding hydrogens is 390 g/mol. The second-order valence-electron chi connectivity index (χ2n) is 7.00. The summed E-state index contributed by atoms with van der Waals surface area (Å²) < 4.78 is 27.6. The number of sulfone groups is 1. The molecule has 0 spiro atoms. The lowest BCUT2D eigenvalue weighted by molar-refractivity contribution is 0.589. The highest BCUT2D eigenvalue weighted by molar-refractivity contribution is 7.92. The molecule has 0 radical (unpaired) electrons. The molecule has 1 N–H and O–H groups in total. The van der Waals surface area contributed by atoms with Gasteiger partial charge in [0.25, 0.3) is 0 Å². The molecule has 0 aliphatic carbocycles. The molecule has 0 aliphatic rings. The third-order valence-electron chi connectivity index (χ3n) is 5.04. The molecule has 1 unspecified atom stereocenters. The predicted molar refractivity (Wildman–Crippen MR) is 115 cm³/mol. The lowest BCUT2D eigenvalue weighted by atomic mass is 10.0. The Morgan fingerprint density at radius 2 is 1.50 bits per heavy atom. The summed E-state index contributed by atoms with van der Waals surface area (Å²) in [6, 6.07) is 21.9. The van der Waals surface area contributed by atoms with E-state index in [4.69, 9.17) is 11.6 Å². The fourth-order valence-corrected chi connectivity index (χ4v) is 5.68. The second-order valence-corrected chi connectivity index (χ2v) is 9.47. The maximum absolute atomic E-state index is 13.8. The number of aryl methyl sites for hydroxylation is 2. The van der Waals surface area contributed by atoms with E-state index in [1.807, 2.05) is 50.2 Å². The third-order valence-corrected chi connectivity index (χ3v) is 7.35. The Bertz CT molecular complexity index is 1240. The molecule has 0 bridgehead atoms. The number of nitrogens with one attached hydrogen (secondary N) is 1. The zero-order chi connectivity index (χ0) is 19.9. The van der Waals surface area contributed by atoms with Crippen LogP contribution in [0.4, 0.5) is 0 Å². The molecule has 1 heterocycles. The van der Waals surface area contributed by atoms with E-state index in [1.54, 1.807) is 36.4 Å². The largest absolute Gasteiger partial charge is 0.358 e. The Balaban J connectivity index is 2.01. The average Bonchev–Trinajstić information content (AvgIpc) is 3.00. The second kappa shape index (κ2) is 7.12. The highest BCUT2D eigenvalue weighted by Crippen LogP contribution is 2.40. The normalized spacial score (nSPS) is 13.0. The Kier molecular flexibility index (Phi) is 4.77. The van der Waals surface area contributed by atoms with Gasteiger partial charge in [0.1, 0.15) is 5.25 Å². The summed E-state index contributed by atoms with van der Waals surface area (Å²) in [6.07, 6.45) is 0. The van der Waals surface area contributed by atoms with Gasteiger partial charge in [-0.2, -0.15) is 0 Å². The highest BCUT2D eigenvalue weighted by Gasteiger charge is 2.34. The van der Waals surface area contributed by atoms with Crippen LogP contribution in [0.5, 0.6) is 0 Å². The number of halogens is 1. The van der Waals surface area contributed by atoms with E-state index in [2.05, 4.69) is 4.98 Å². The van der Waals surface area contributed by atoms with Crippen LogP contribution in [-0.2, 0) is 9.84 Å². The fourth-order valence-electron chi connectivity index (χ4n) is 3.64. The molecule has 28 heavy (non-hydrogen) atoms. The summed E-state index contributed by atoms with van der Waals surface area (Å²) in [5.41, 5.74) is 4.26. The maximum atomic E-state index is 13.8. The van der Waals surface area contributed by atoms with Gasteiger partial charge in [-0.3, -0.25) is 0 Å². The van der Waals surface area contributed by atoms with Crippen molar-refractivity contribution in [1.29, 1.82) is 0 Å². The summed E-state index contributed by atoms with van der Waals surface area (Å²) in [5.74, 6) is 0. The summed E-state index contributed by atoms with van der Waals surface area (Å²) in [5, 5.41) is 0.658. The number of hydrogen-bond acceptors (Lipinski definition) is 2. The Morgan fingerprint density at radius 3 is 2.18 bits per heavy atom. The van der Waals surface area contributed by atoms with Crippen LogP contribution >= 0.6 is 11.6 Å². The molecule has 0 fully saturated rings. The first-order valence-corrected chi connectivity index (χ1v) is 10.9. The monoisotopic (exact) mass is 409 g/mol. The van der Waals surface area contributed by atoms with Crippen LogP contribution in [0.2, 0.25) is 5.02 Å². The van der Waals surface area contributed by atoms with E-state index in [1.165, 1.54) is 0 Å². The number of para-hydroxylation sites is 1. The highest BCUT2D eigenvalue weighted by atomic mass is 35.5. The van der Waals surface area contributed by atoms with Gasteiger partial charge in [0.2, 0.25) is 0 Å². The molecule has 1 aromatic heterocycles. The zero-order valence-electron chi connectivity index (χ0n) is 15.6. The van der Waals surface area contributed by atoms with Crippen molar-refractivity contribution in [2.24, 2.45) is 0 Å². The van der Waals surface area contributed by atoms with Gasteiger partial charge in [0, 0.05) is 27.2 Å². The predicted octanol–water partition coefficient (Wildman–Crippen LogP) is 6.00. The number of hydrogen-bond donors (Lipinski definition) is 1. The van der Waals surface area contributed by atoms with Gasteiger partial charge >= 0.3 is 0 Å². The number of benzene rings is 3. The van der Waals surface area contributed by atoms with Crippen LogP contribution in [0.25, 0.3) is 10.9 Å². The number of rotatable bonds is 4. The number of fused-ring (bicyclic) bond motifs is 1. The summed E-state index contributed by atoms with van der Waals surface area (Å²) in [6.45, 7) is 3.86. The van der Waals surface area contributed by atoms with Gasteiger partial charge in [-0.1, -0.05) is 59.6 Å². The van der Waals surface area contributed by atoms with Gasteiger partial charge in [-0.05, 0) is 49.7 Å². The molecule has 1 atom stereocenters. The van der Waals surface area contributed by atoms with Crippen LogP contribution in [-0.4, -0.2) is 13.4 Å². The third kappa shape index (κ3) is 3.23. The first-order chi connectivity index (χ1) is 13.4. The maximum Gasteiger partial charge on any atom is 0.189 e. The van der Waals surface area contributed by atoms with Gasteiger partial charge < -0.3 is 4.98 Å². The summed E-state index contributed by atoms with van der Waals surface area (Å²) in [7, 11) is -3.68.